The molecule has 0 aliphatic heterocycles. The molecule has 0 saturated heterocycles. The largest absolute Gasteiger partial charge is 0.351 e. The van der Waals surface area contributed by atoms with Gasteiger partial charge in [-0.15, -0.1) is 0 Å². The number of allylic oxidation sites excluding steroid dienone is 1. The molecule has 1 aromatic carbocycles. The predicted octanol–water partition coefficient (Wildman–Crippen LogP) is 4.28. The molecule has 3 nitrogen and oxygen atoms in total. The predicted molar refractivity (Wildman–Crippen MR) is 90.9 cm³/mol. The molecule has 3 heteroatoms. The van der Waals surface area contributed by atoms with Crippen LogP contribution in [0.2, 0.25) is 0 Å². The third-order valence-corrected chi connectivity index (χ3v) is 4.87. The van der Waals surface area contributed by atoms with Gasteiger partial charge >= 0.3 is 0 Å². The van der Waals surface area contributed by atoms with E-state index in [1.165, 1.54) is 31.3 Å². The summed E-state index contributed by atoms with van der Waals surface area (Å²) in [7, 11) is 0. The van der Waals surface area contributed by atoms with Crippen molar-refractivity contribution in [3.63, 3.8) is 0 Å². The first kappa shape index (κ1) is 14.9. The van der Waals surface area contributed by atoms with Gasteiger partial charge < -0.3 is 10.3 Å². The summed E-state index contributed by atoms with van der Waals surface area (Å²) in [6.45, 7) is 6.97. The third kappa shape index (κ3) is 3.24. The molecule has 0 radical (unpaired) electrons. The number of benzene rings is 1. The van der Waals surface area contributed by atoms with Crippen LogP contribution in [0.1, 0.15) is 43.1 Å². The lowest BCUT2D eigenvalue weighted by atomic mass is 9.79. The van der Waals surface area contributed by atoms with Gasteiger partial charge in [0.05, 0.1) is 0 Å². The molecule has 1 aromatic heterocycles. The molecule has 1 amide bonds. The lowest BCUT2D eigenvalue weighted by Crippen LogP contribution is -2.31. The van der Waals surface area contributed by atoms with Crippen LogP contribution in [-0.2, 0) is 0 Å². The second-order valence-electron chi connectivity index (χ2n) is 6.54. The molecule has 1 fully saturated rings. The van der Waals surface area contributed by atoms with Gasteiger partial charge in [0.1, 0.15) is 5.69 Å². The lowest BCUT2D eigenvalue weighted by Gasteiger charge is -2.28. The molecule has 1 saturated carbocycles. The van der Waals surface area contributed by atoms with Gasteiger partial charge in [-0.1, -0.05) is 30.4 Å². The average molecular weight is 296 g/mol. The highest BCUT2D eigenvalue weighted by Crippen LogP contribution is 2.32. The maximum atomic E-state index is 12.3. The summed E-state index contributed by atoms with van der Waals surface area (Å²) >= 11 is 0. The highest BCUT2D eigenvalue weighted by atomic mass is 16.1. The van der Waals surface area contributed by atoms with Crippen LogP contribution in [0.3, 0.4) is 0 Å². The SMILES string of the molecule is C=C(C)C1CCC(CNC(=O)c2cc3ccccc3[nH]2)CC1. The molecular weight excluding hydrogens is 272 g/mol. The van der Waals surface area contributed by atoms with Gasteiger partial charge in [0, 0.05) is 17.4 Å². The van der Waals surface area contributed by atoms with E-state index in [1.807, 2.05) is 30.3 Å². The Labute approximate surface area is 131 Å². The summed E-state index contributed by atoms with van der Waals surface area (Å²) in [6, 6.07) is 9.88. The Bertz CT molecular complexity index is 645. The van der Waals surface area contributed by atoms with E-state index in [1.54, 1.807) is 0 Å². The van der Waals surface area contributed by atoms with E-state index in [9.17, 15) is 4.79 Å². The molecule has 0 spiro atoms. The Morgan fingerprint density at radius 3 is 2.68 bits per heavy atom. The minimum atomic E-state index is -0.00164. The molecule has 1 aliphatic carbocycles. The number of para-hydroxylation sites is 1. The Hall–Kier alpha value is -2.03. The number of amides is 1. The van der Waals surface area contributed by atoms with Gasteiger partial charge in [0.15, 0.2) is 0 Å². The Morgan fingerprint density at radius 1 is 1.27 bits per heavy atom. The number of rotatable bonds is 4. The molecule has 1 heterocycles. The smallest absolute Gasteiger partial charge is 0.267 e. The van der Waals surface area contributed by atoms with E-state index < -0.39 is 0 Å². The maximum absolute atomic E-state index is 12.3. The summed E-state index contributed by atoms with van der Waals surface area (Å²) in [5, 5.41) is 4.16. The quantitative estimate of drug-likeness (QED) is 0.813. The van der Waals surface area contributed by atoms with E-state index in [4.69, 9.17) is 0 Å². The van der Waals surface area contributed by atoms with Crippen molar-refractivity contribution in [1.29, 1.82) is 0 Å². The lowest BCUT2D eigenvalue weighted by molar-refractivity contribution is 0.0938. The fourth-order valence-corrected chi connectivity index (χ4v) is 3.39. The van der Waals surface area contributed by atoms with E-state index in [-0.39, 0.29) is 5.91 Å². The number of hydrogen-bond acceptors (Lipinski definition) is 1. The summed E-state index contributed by atoms with van der Waals surface area (Å²) in [5.74, 6) is 1.28. The minimum absolute atomic E-state index is 0.00164. The fourth-order valence-electron chi connectivity index (χ4n) is 3.39. The second-order valence-corrected chi connectivity index (χ2v) is 6.54. The second kappa shape index (κ2) is 6.39. The van der Waals surface area contributed by atoms with Crippen molar-refractivity contribution in [1.82, 2.24) is 10.3 Å². The molecular formula is C19H24N2O. The van der Waals surface area contributed by atoms with Crippen molar-refractivity contribution in [3.8, 4) is 0 Å². The highest BCUT2D eigenvalue weighted by molar-refractivity contribution is 5.97. The number of aromatic amines is 1. The van der Waals surface area contributed by atoms with Gasteiger partial charge in [-0.05, 0) is 56.6 Å². The van der Waals surface area contributed by atoms with Crippen LogP contribution in [-0.4, -0.2) is 17.4 Å². The average Bonchev–Trinajstić information content (AvgIpc) is 2.97. The van der Waals surface area contributed by atoms with Crippen LogP contribution in [0.15, 0.2) is 42.5 Å². The van der Waals surface area contributed by atoms with Crippen molar-refractivity contribution in [2.45, 2.75) is 32.6 Å². The molecule has 2 aromatic rings. The van der Waals surface area contributed by atoms with Crippen molar-refractivity contribution in [2.75, 3.05) is 6.54 Å². The zero-order valence-corrected chi connectivity index (χ0v) is 13.2. The van der Waals surface area contributed by atoms with Gasteiger partial charge in [-0.2, -0.15) is 0 Å². The Balaban J connectivity index is 1.53. The number of hydrogen-bond donors (Lipinski definition) is 2. The fraction of sp³-hybridized carbons (Fsp3) is 0.421. The molecule has 2 N–H and O–H groups in total. The van der Waals surface area contributed by atoms with Gasteiger partial charge in [-0.25, -0.2) is 0 Å². The molecule has 116 valence electrons. The Morgan fingerprint density at radius 2 is 2.00 bits per heavy atom. The number of H-pyrrole nitrogens is 1. The van der Waals surface area contributed by atoms with Crippen LogP contribution in [0.25, 0.3) is 10.9 Å². The van der Waals surface area contributed by atoms with Crippen LogP contribution in [0.5, 0.6) is 0 Å². The molecule has 1 aliphatic rings. The third-order valence-electron chi connectivity index (χ3n) is 4.87. The van der Waals surface area contributed by atoms with Gasteiger partial charge in [-0.3, -0.25) is 4.79 Å². The number of nitrogens with one attached hydrogen (secondary N) is 2. The first-order valence-corrected chi connectivity index (χ1v) is 8.15. The summed E-state index contributed by atoms with van der Waals surface area (Å²) in [5.41, 5.74) is 2.96. The van der Waals surface area contributed by atoms with E-state index in [0.29, 0.717) is 17.5 Å². The number of carbonyl (C=O) groups is 1. The van der Waals surface area contributed by atoms with Gasteiger partial charge in [0.25, 0.3) is 5.91 Å². The maximum Gasteiger partial charge on any atom is 0.267 e. The highest BCUT2D eigenvalue weighted by Gasteiger charge is 2.22. The van der Waals surface area contributed by atoms with Crippen molar-refractivity contribution >= 4 is 16.8 Å². The van der Waals surface area contributed by atoms with E-state index >= 15 is 0 Å². The van der Waals surface area contributed by atoms with Crippen LogP contribution < -0.4 is 5.32 Å². The number of fused-ring (bicyclic) bond motifs is 1. The zero-order valence-electron chi connectivity index (χ0n) is 13.2. The molecule has 0 bridgehead atoms. The van der Waals surface area contributed by atoms with Crippen LogP contribution in [0, 0.1) is 11.8 Å². The topological polar surface area (TPSA) is 44.9 Å². The Kier molecular flexibility index (Phi) is 4.32. The normalized spacial score (nSPS) is 21.7. The number of aromatic nitrogens is 1. The van der Waals surface area contributed by atoms with Crippen molar-refractivity contribution in [2.24, 2.45) is 11.8 Å². The summed E-state index contributed by atoms with van der Waals surface area (Å²) in [4.78, 5) is 15.5. The first-order chi connectivity index (χ1) is 10.6. The monoisotopic (exact) mass is 296 g/mol. The van der Waals surface area contributed by atoms with Crippen LogP contribution >= 0.6 is 0 Å². The summed E-state index contributed by atoms with van der Waals surface area (Å²) in [6.07, 6.45) is 4.79. The van der Waals surface area contributed by atoms with Crippen LogP contribution in [0.4, 0.5) is 0 Å². The number of carbonyl (C=O) groups excluding carboxylic acids is 1. The molecule has 0 unspecified atom stereocenters. The first-order valence-electron chi connectivity index (χ1n) is 8.15. The molecule has 0 atom stereocenters. The van der Waals surface area contributed by atoms with Crippen molar-refractivity contribution in [3.05, 3.63) is 48.2 Å². The van der Waals surface area contributed by atoms with Crippen molar-refractivity contribution < 1.29 is 4.79 Å². The standard InChI is InChI=1S/C19H24N2O/c1-13(2)15-9-7-14(8-10-15)12-20-19(22)18-11-16-5-3-4-6-17(16)21-18/h3-6,11,14-15,21H,1,7-10,12H2,2H3,(H,20,22). The molecule has 22 heavy (non-hydrogen) atoms. The molecule has 3 rings (SSSR count). The van der Waals surface area contributed by atoms with E-state index in [2.05, 4.69) is 23.8 Å². The van der Waals surface area contributed by atoms with E-state index in [0.717, 1.165) is 17.4 Å². The summed E-state index contributed by atoms with van der Waals surface area (Å²) < 4.78 is 0. The van der Waals surface area contributed by atoms with Gasteiger partial charge in [0.2, 0.25) is 0 Å². The minimum Gasteiger partial charge on any atom is -0.351 e. The zero-order chi connectivity index (χ0) is 15.5.